The molecule has 4 heteroatoms. The van der Waals surface area contributed by atoms with Crippen LogP contribution in [0.2, 0.25) is 0 Å². The summed E-state index contributed by atoms with van der Waals surface area (Å²) in [5.41, 5.74) is 8.48. The van der Waals surface area contributed by atoms with Gasteiger partial charge in [-0.2, -0.15) is 0 Å². The summed E-state index contributed by atoms with van der Waals surface area (Å²) >= 11 is 0. The molecule has 0 spiro atoms. The van der Waals surface area contributed by atoms with Gasteiger partial charge in [-0.15, -0.1) is 0 Å². The van der Waals surface area contributed by atoms with Crippen molar-refractivity contribution in [1.82, 2.24) is 14.8 Å². The smallest absolute Gasteiger partial charge is 0.254 e. The van der Waals surface area contributed by atoms with Crippen molar-refractivity contribution < 1.29 is 4.79 Å². The van der Waals surface area contributed by atoms with Gasteiger partial charge < -0.3 is 4.90 Å². The summed E-state index contributed by atoms with van der Waals surface area (Å²) in [5.74, 6) is 0.0781. The highest BCUT2D eigenvalue weighted by molar-refractivity contribution is 6.07. The van der Waals surface area contributed by atoms with Crippen LogP contribution in [0.15, 0.2) is 109 Å². The molecule has 39 heavy (non-hydrogen) atoms. The van der Waals surface area contributed by atoms with Gasteiger partial charge >= 0.3 is 0 Å². The predicted molar refractivity (Wildman–Crippen MR) is 159 cm³/mol. The lowest BCUT2D eigenvalue weighted by Gasteiger charge is -2.40. The van der Waals surface area contributed by atoms with Gasteiger partial charge in [-0.05, 0) is 54.3 Å². The number of carbonyl (C=O) groups is 1. The maximum atomic E-state index is 14.0. The second-order valence-electron chi connectivity index (χ2n) is 10.4. The number of pyridine rings is 1. The molecule has 4 nitrogen and oxygen atoms in total. The van der Waals surface area contributed by atoms with E-state index in [1.807, 2.05) is 35.2 Å². The first-order valence-corrected chi connectivity index (χ1v) is 13.7. The van der Waals surface area contributed by atoms with Crippen LogP contribution in [0.3, 0.4) is 0 Å². The Morgan fingerprint density at radius 1 is 0.692 bits per heavy atom. The topological polar surface area (TPSA) is 36.4 Å². The first kappa shape index (κ1) is 25.0. The Bertz CT molecular complexity index is 1570. The van der Waals surface area contributed by atoms with E-state index in [4.69, 9.17) is 4.98 Å². The zero-order valence-corrected chi connectivity index (χ0v) is 22.5. The van der Waals surface area contributed by atoms with Gasteiger partial charge in [0, 0.05) is 37.1 Å². The van der Waals surface area contributed by atoms with Gasteiger partial charge in [0.05, 0.1) is 22.8 Å². The van der Waals surface area contributed by atoms with Gasteiger partial charge in [0.1, 0.15) is 0 Å². The summed E-state index contributed by atoms with van der Waals surface area (Å²) in [5, 5.41) is 0.906. The van der Waals surface area contributed by atoms with Crippen LogP contribution in [0.1, 0.15) is 38.7 Å². The van der Waals surface area contributed by atoms with Crippen molar-refractivity contribution in [3.63, 3.8) is 0 Å². The van der Waals surface area contributed by atoms with E-state index in [1.54, 1.807) is 0 Å². The molecule has 0 bridgehead atoms. The lowest BCUT2D eigenvalue weighted by Crippen LogP contribution is -2.49. The van der Waals surface area contributed by atoms with Gasteiger partial charge in [-0.25, -0.2) is 4.98 Å². The van der Waals surface area contributed by atoms with Crippen molar-refractivity contribution in [2.75, 3.05) is 26.2 Å². The Labute approximate surface area is 230 Å². The fourth-order valence-electron chi connectivity index (χ4n) is 5.64. The number of rotatable bonds is 5. The average molecular weight is 512 g/mol. The van der Waals surface area contributed by atoms with Crippen LogP contribution in [0.4, 0.5) is 0 Å². The number of amides is 1. The maximum Gasteiger partial charge on any atom is 0.254 e. The van der Waals surface area contributed by atoms with E-state index in [2.05, 4.69) is 97.6 Å². The standard InChI is InChI=1S/C35H33N3O/c1-25-17-18-29(23-26(25)2)33-24-31(30-15-9-10-16-32(30)36-33)35(39)38-21-19-37(20-22-38)34(27-11-5-3-6-12-27)28-13-7-4-8-14-28/h3-18,23-24,34H,19-22H2,1-2H3. The normalized spacial score (nSPS) is 14.2. The predicted octanol–water partition coefficient (Wildman–Crippen LogP) is 7.07. The highest BCUT2D eigenvalue weighted by Crippen LogP contribution is 2.31. The maximum absolute atomic E-state index is 14.0. The third-order valence-corrected chi connectivity index (χ3v) is 7.95. The first-order chi connectivity index (χ1) is 19.1. The largest absolute Gasteiger partial charge is 0.336 e. The number of para-hydroxylation sites is 1. The van der Waals surface area contributed by atoms with Crippen LogP contribution in [0.25, 0.3) is 22.2 Å². The fourth-order valence-corrected chi connectivity index (χ4v) is 5.64. The van der Waals surface area contributed by atoms with Gasteiger partial charge in [-0.1, -0.05) is 91.0 Å². The summed E-state index contributed by atoms with van der Waals surface area (Å²) in [7, 11) is 0. The Balaban J connectivity index is 1.28. The number of benzene rings is 4. The Hall–Kier alpha value is -4.28. The summed E-state index contributed by atoms with van der Waals surface area (Å²) in [4.78, 5) is 23.5. The number of nitrogens with zero attached hydrogens (tertiary/aromatic N) is 3. The van der Waals surface area contributed by atoms with Crippen molar-refractivity contribution >= 4 is 16.8 Å². The number of hydrogen-bond donors (Lipinski definition) is 0. The van der Waals surface area contributed by atoms with Crippen molar-refractivity contribution in [3.05, 3.63) is 137 Å². The molecule has 0 atom stereocenters. The van der Waals surface area contributed by atoms with Gasteiger partial charge in [0.15, 0.2) is 0 Å². The number of aromatic nitrogens is 1. The Morgan fingerprint density at radius 3 is 1.95 bits per heavy atom. The summed E-state index contributed by atoms with van der Waals surface area (Å²) < 4.78 is 0. The van der Waals surface area contributed by atoms with Crippen LogP contribution in [-0.2, 0) is 0 Å². The fraction of sp³-hybridized carbons (Fsp3) is 0.200. The van der Waals surface area contributed by atoms with E-state index < -0.39 is 0 Å². The van der Waals surface area contributed by atoms with E-state index >= 15 is 0 Å². The summed E-state index contributed by atoms with van der Waals surface area (Å²) in [6, 6.07) is 37.9. The highest BCUT2D eigenvalue weighted by atomic mass is 16.2. The molecule has 0 aliphatic carbocycles. The molecule has 2 heterocycles. The SMILES string of the molecule is Cc1ccc(-c2cc(C(=O)N3CCN(C(c4ccccc4)c4ccccc4)CC3)c3ccccc3n2)cc1C. The lowest BCUT2D eigenvalue weighted by molar-refractivity contribution is 0.0599. The third kappa shape index (κ3) is 5.08. The zero-order chi connectivity index (χ0) is 26.8. The second kappa shape index (κ2) is 10.8. The quantitative estimate of drug-likeness (QED) is 0.253. The molecule has 1 saturated heterocycles. The molecule has 5 aromatic rings. The van der Waals surface area contributed by atoms with Crippen molar-refractivity contribution in [2.45, 2.75) is 19.9 Å². The molecule has 1 aromatic heterocycles. The molecular weight excluding hydrogens is 478 g/mol. The first-order valence-electron chi connectivity index (χ1n) is 13.7. The van der Waals surface area contributed by atoms with E-state index in [-0.39, 0.29) is 11.9 Å². The monoisotopic (exact) mass is 511 g/mol. The van der Waals surface area contributed by atoms with E-state index in [0.717, 1.165) is 40.8 Å². The molecule has 0 radical (unpaired) electrons. The average Bonchev–Trinajstić information content (AvgIpc) is 2.99. The minimum absolute atomic E-state index is 0.0781. The molecular formula is C35H33N3O. The number of carbonyl (C=O) groups excluding carboxylic acids is 1. The van der Waals surface area contributed by atoms with Gasteiger partial charge in [0.2, 0.25) is 0 Å². The van der Waals surface area contributed by atoms with Crippen LogP contribution < -0.4 is 0 Å². The molecule has 4 aromatic carbocycles. The molecule has 0 saturated carbocycles. The van der Waals surface area contributed by atoms with Crippen molar-refractivity contribution in [1.29, 1.82) is 0 Å². The summed E-state index contributed by atoms with van der Waals surface area (Å²) in [6.07, 6.45) is 0. The molecule has 1 amide bonds. The molecule has 0 N–H and O–H groups in total. The Morgan fingerprint density at radius 2 is 1.31 bits per heavy atom. The highest BCUT2D eigenvalue weighted by Gasteiger charge is 2.29. The third-order valence-electron chi connectivity index (χ3n) is 7.95. The van der Waals surface area contributed by atoms with E-state index in [0.29, 0.717) is 13.1 Å². The number of aryl methyl sites for hydroxylation is 2. The van der Waals surface area contributed by atoms with Gasteiger partial charge in [0.25, 0.3) is 5.91 Å². The minimum atomic E-state index is 0.0781. The number of piperazine rings is 1. The van der Waals surface area contributed by atoms with Crippen LogP contribution in [0.5, 0.6) is 0 Å². The Kier molecular flexibility index (Phi) is 6.95. The molecule has 1 aliphatic rings. The van der Waals surface area contributed by atoms with E-state index in [9.17, 15) is 4.79 Å². The summed E-state index contributed by atoms with van der Waals surface area (Å²) in [6.45, 7) is 7.22. The van der Waals surface area contributed by atoms with Crippen molar-refractivity contribution in [3.8, 4) is 11.3 Å². The molecule has 1 fully saturated rings. The molecule has 1 aliphatic heterocycles. The lowest BCUT2D eigenvalue weighted by atomic mass is 9.96. The molecule has 0 unspecified atom stereocenters. The minimum Gasteiger partial charge on any atom is -0.336 e. The molecule has 6 rings (SSSR count). The van der Waals surface area contributed by atoms with Gasteiger partial charge in [-0.3, -0.25) is 9.69 Å². The van der Waals surface area contributed by atoms with Crippen LogP contribution >= 0.6 is 0 Å². The number of fused-ring (bicyclic) bond motifs is 1. The molecule has 194 valence electrons. The van der Waals surface area contributed by atoms with Crippen LogP contribution in [-0.4, -0.2) is 46.9 Å². The van der Waals surface area contributed by atoms with Crippen molar-refractivity contribution in [2.24, 2.45) is 0 Å². The zero-order valence-electron chi connectivity index (χ0n) is 22.5. The van der Waals surface area contributed by atoms with Crippen LogP contribution in [0, 0.1) is 13.8 Å². The second-order valence-corrected chi connectivity index (χ2v) is 10.4. The number of hydrogen-bond acceptors (Lipinski definition) is 3. The van der Waals surface area contributed by atoms with E-state index in [1.165, 1.54) is 22.3 Å².